The maximum Gasteiger partial charge on any atom is 0.358 e. The molecule has 8 heteroatoms. The van der Waals surface area contributed by atoms with Gasteiger partial charge in [-0.05, 0) is 33.4 Å². The predicted octanol–water partition coefficient (Wildman–Crippen LogP) is -0.0810. The van der Waals surface area contributed by atoms with Gasteiger partial charge in [-0.25, -0.2) is 9.48 Å². The van der Waals surface area contributed by atoms with E-state index in [1.54, 1.807) is 11.9 Å². The predicted molar refractivity (Wildman–Crippen MR) is 74.9 cm³/mol. The SMILES string of the molecule is CN(CC1(N(C)C)CCC1)C(=O)Cn1cc(C(=O)O)nn1. The van der Waals surface area contributed by atoms with E-state index in [0.29, 0.717) is 6.54 Å². The first-order valence-electron chi connectivity index (χ1n) is 6.89. The van der Waals surface area contributed by atoms with Crippen LogP contribution in [0.5, 0.6) is 0 Å². The number of likely N-dealkylation sites (N-methyl/N-ethyl adjacent to an activating group) is 2. The molecular formula is C13H21N5O3. The number of carboxylic acids is 1. The molecule has 0 bridgehead atoms. The number of aromatic carboxylic acids is 1. The number of carbonyl (C=O) groups is 2. The summed E-state index contributed by atoms with van der Waals surface area (Å²) in [6.45, 7) is 0.666. The zero-order valence-electron chi connectivity index (χ0n) is 12.6. The highest BCUT2D eigenvalue weighted by Crippen LogP contribution is 2.36. The summed E-state index contributed by atoms with van der Waals surface area (Å²) in [6, 6.07) is 0. The molecule has 8 nitrogen and oxygen atoms in total. The number of carbonyl (C=O) groups excluding carboxylic acids is 1. The molecule has 0 radical (unpaired) electrons. The molecule has 0 spiro atoms. The van der Waals surface area contributed by atoms with Crippen molar-refractivity contribution in [3.8, 4) is 0 Å². The second-order valence-corrected chi connectivity index (χ2v) is 5.83. The lowest BCUT2D eigenvalue weighted by molar-refractivity contribution is -0.133. The molecule has 2 rings (SSSR count). The van der Waals surface area contributed by atoms with Crippen LogP contribution in [0, 0.1) is 0 Å². The first kappa shape index (κ1) is 15.4. The van der Waals surface area contributed by atoms with Crippen LogP contribution in [0.25, 0.3) is 0 Å². The van der Waals surface area contributed by atoms with Crippen molar-refractivity contribution in [3.63, 3.8) is 0 Å². The Morgan fingerprint density at radius 2 is 2.05 bits per heavy atom. The Morgan fingerprint density at radius 1 is 1.38 bits per heavy atom. The van der Waals surface area contributed by atoms with Crippen LogP contribution in [0.15, 0.2) is 6.20 Å². The zero-order valence-corrected chi connectivity index (χ0v) is 12.6. The summed E-state index contributed by atoms with van der Waals surface area (Å²) in [7, 11) is 5.84. The van der Waals surface area contributed by atoms with E-state index in [9.17, 15) is 9.59 Å². The minimum absolute atomic E-state index is 0.000286. The van der Waals surface area contributed by atoms with Crippen molar-refractivity contribution >= 4 is 11.9 Å². The van der Waals surface area contributed by atoms with Crippen LogP contribution in [0.2, 0.25) is 0 Å². The summed E-state index contributed by atoms with van der Waals surface area (Å²) in [6.07, 6.45) is 4.62. The van der Waals surface area contributed by atoms with E-state index in [0.717, 1.165) is 12.8 Å². The molecular weight excluding hydrogens is 274 g/mol. The number of nitrogens with zero attached hydrogens (tertiary/aromatic N) is 5. The molecule has 1 fully saturated rings. The van der Waals surface area contributed by atoms with Crippen molar-refractivity contribution in [1.82, 2.24) is 24.8 Å². The highest BCUT2D eigenvalue weighted by Gasteiger charge is 2.40. The summed E-state index contributed by atoms with van der Waals surface area (Å²) in [5.41, 5.74) is -0.0897. The highest BCUT2D eigenvalue weighted by molar-refractivity contribution is 5.84. The quantitative estimate of drug-likeness (QED) is 0.789. The van der Waals surface area contributed by atoms with Crippen LogP contribution in [0.4, 0.5) is 0 Å². The van der Waals surface area contributed by atoms with Gasteiger partial charge in [0.15, 0.2) is 5.69 Å². The molecule has 1 aliphatic rings. The fourth-order valence-electron chi connectivity index (χ4n) is 2.59. The normalized spacial score (nSPS) is 16.6. The molecule has 0 saturated heterocycles. The van der Waals surface area contributed by atoms with Gasteiger partial charge in [-0.3, -0.25) is 4.79 Å². The van der Waals surface area contributed by atoms with E-state index in [2.05, 4.69) is 15.2 Å². The van der Waals surface area contributed by atoms with Gasteiger partial charge < -0.3 is 14.9 Å². The number of hydrogen-bond acceptors (Lipinski definition) is 5. The van der Waals surface area contributed by atoms with Crippen LogP contribution in [0.3, 0.4) is 0 Å². The van der Waals surface area contributed by atoms with Crippen LogP contribution in [-0.4, -0.2) is 75.0 Å². The molecule has 1 heterocycles. The fourth-order valence-corrected chi connectivity index (χ4v) is 2.59. The van der Waals surface area contributed by atoms with Crippen molar-refractivity contribution in [2.24, 2.45) is 0 Å². The minimum Gasteiger partial charge on any atom is -0.476 e. The fraction of sp³-hybridized carbons (Fsp3) is 0.692. The number of aromatic nitrogens is 3. The molecule has 1 amide bonds. The summed E-state index contributed by atoms with van der Waals surface area (Å²) < 4.78 is 1.26. The molecule has 0 aromatic carbocycles. The lowest BCUT2D eigenvalue weighted by Crippen LogP contribution is -2.57. The maximum absolute atomic E-state index is 12.2. The number of amides is 1. The van der Waals surface area contributed by atoms with Crippen LogP contribution in [-0.2, 0) is 11.3 Å². The van der Waals surface area contributed by atoms with Gasteiger partial charge in [-0.15, -0.1) is 5.10 Å². The molecule has 0 unspecified atom stereocenters. The van der Waals surface area contributed by atoms with Crippen LogP contribution in [0.1, 0.15) is 29.8 Å². The van der Waals surface area contributed by atoms with Crippen molar-refractivity contribution in [2.45, 2.75) is 31.3 Å². The standard InChI is InChI=1S/C13H21N5O3/c1-16(2)13(5-4-6-13)9-17(3)11(19)8-18-7-10(12(20)21)14-15-18/h7H,4-6,8-9H2,1-3H3,(H,20,21). The van der Waals surface area contributed by atoms with Crippen LogP contribution >= 0.6 is 0 Å². The largest absolute Gasteiger partial charge is 0.476 e. The molecule has 1 aromatic rings. The summed E-state index contributed by atoms with van der Waals surface area (Å²) in [5, 5.41) is 15.9. The third-order valence-corrected chi connectivity index (χ3v) is 4.25. The van der Waals surface area contributed by atoms with Crippen molar-refractivity contribution in [3.05, 3.63) is 11.9 Å². The second-order valence-electron chi connectivity index (χ2n) is 5.83. The summed E-state index contributed by atoms with van der Waals surface area (Å²) in [5.74, 6) is -1.26. The molecule has 21 heavy (non-hydrogen) atoms. The van der Waals surface area contributed by atoms with Gasteiger partial charge in [0.05, 0.1) is 6.20 Å². The van der Waals surface area contributed by atoms with E-state index in [1.165, 1.54) is 17.3 Å². The molecule has 1 aromatic heterocycles. The van der Waals surface area contributed by atoms with Gasteiger partial charge in [-0.2, -0.15) is 0 Å². The molecule has 0 atom stereocenters. The Morgan fingerprint density at radius 3 is 2.48 bits per heavy atom. The second kappa shape index (κ2) is 5.80. The Bertz CT molecular complexity index is 536. The lowest BCUT2D eigenvalue weighted by Gasteiger charge is -2.49. The minimum atomic E-state index is -1.15. The molecule has 116 valence electrons. The zero-order chi connectivity index (χ0) is 15.6. The van der Waals surface area contributed by atoms with Gasteiger partial charge in [-0.1, -0.05) is 5.21 Å². The van der Waals surface area contributed by atoms with Gasteiger partial charge in [0.1, 0.15) is 6.54 Å². The molecule has 1 saturated carbocycles. The Hall–Kier alpha value is -1.96. The van der Waals surface area contributed by atoms with Crippen molar-refractivity contribution < 1.29 is 14.7 Å². The third kappa shape index (κ3) is 3.21. The first-order valence-corrected chi connectivity index (χ1v) is 6.89. The first-order chi connectivity index (χ1) is 9.84. The summed E-state index contributed by atoms with van der Waals surface area (Å²) in [4.78, 5) is 26.8. The third-order valence-electron chi connectivity index (χ3n) is 4.25. The number of carboxylic acid groups (broad SMARTS) is 1. The Balaban J connectivity index is 1.94. The van der Waals surface area contributed by atoms with E-state index in [-0.39, 0.29) is 23.7 Å². The van der Waals surface area contributed by atoms with Gasteiger partial charge >= 0.3 is 5.97 Å². The molecule has 0 aliphatic heterocycles. The maximum atomic E-state index is 12.2. The van der Waals surface area contributed by atoms with Gasteiger partial charge in [0.25, 0.3) is 0 Å². The highest BCUT2D eigenvalue weighted by atomic mass is 16.4. The number of hydrogen-bond donors (Lipinski definition) is 1. The summed E-state index contributed by atoms with van der Waals surface area (Å²) >= 11 is 0. The van der Waals surface area contributed by atoms with Gasteiger partial charge in [0.2, 0.25) is 5.91 Å². The Kier molecular flexibility index (Phi) is 4.26. The van der Waals surface area contributed by atoms with Crippen molar-refractivity contribution in [2.75, 3.05) is 27.7 Å². The van der Waals surface area contributed by atoms with Gasteiger partial charge in [0, 0.05) is 19.1 Å². The van der Waals surface area contributed by atoms with Crippen LogP contribution < -0.4 is 0 Å². The topological polar surface area (TPSA) is 91.6 Å². The molecule has 1 aliphatic carbocycles. The molecule has 1 N–H and O–H groups in total. The van der Waals surface area contributed by atoms with E-state index >= 15 is 0 Å². The average molecular weight is 295 g/mol. The van der Waals surface area contributed by atoms with E-state index in [4.69, 9.17) is 5.11 Å². The Labute approximate surface area is 123 Å². The van der Waals surface area contributed by atoms with E-state index < -0.39 is 5.97 Å². The van der Waals surface area contributed by atoms with E-state index in [1.807, 2.05) is 14.1 Å². The monoisotopic (exact) mass is 295 g/mol. The lowest BCUT2D eigenvalue weighted by atomic mass is 9.75. The average Bonchev–Trinajstić information content (AvgIpc) is 2.81. The smallest absolute Gasteiger partial charge is 0.358 e. The van der Waals surface area contributed by atoms with Crippen molar-refractivity contribution in [1.29, 1.82) is 0 Å². The number of rotatable bonds is 6.